The summed E-state index contributed by atoms with van der Waals surface area (Å²) in [5, 5.41) is 12.3. The van der Waals surface area contributed by atoms with Crippen molar-refractivity contribution >= 4 is 15.9 Å². The Hall–Kier alpha value is -0.580. The van der Waals surface area contributed by atoms with Gasteiger partial charge in [0.15, 0.2) is 0 Å². The second-order valence-electron chi connectivity index (χ2n) is 4.19. The molecule has 2 unspecified atom stereocenters. The SMILES string of the molecule is COc1ccc(C(C)NC(C)CCO)c(Br)c1. The van der Waals surface area contributed by atoms with Crippen molar-refractivity contribution in [3.05, 3.63) is 28.2 Å². The highest BCUT2D eigenvalue weighted by Gasteiger charge is 2.12. The van der Waals surface area contributed by atoms with Crippen LogP contribution in [0.3, 0.4) is 0 Å². The third-order valence-electron chi connectivity index (χ3n) is 2.77. The lowest BCUT2D eigenvalue weighted by molar-refractivity contribution is 0.264. The summed E-state index contributed by atoms with van der Waals surface area (Å²) >= 11 is 3.55. The maximum Gasteiger partial charge on any atom is 0.120 e. The predicted octanol–water partition coefficient (Wildman–Crippen LogP) is 2.88. The average molecular weight is 302 g/mol. The zero-order valence-corrected chi connectivity index (χ0v) is 12.1. The van der Waals surface area contributed by atoms with Crippen molar-refractivity contribution in [3.8, 4) is 5.75 Å². The standard InChI is InChI=1S/C13H20BrNO2/c1-9(6-7-16)15-10(2)12-5-4-11(17-3)8-13(12)14/h4-5,8-10,15-16H,6-7H2,1-3H3. The summed E-state index contributed by atoms with van der Waals surface area (Å²) in [6.45, 7) is 4.40. The van der Waals surface area contributed by atoms with E-state index in [0.717, 1.165) is 16.6 Å². The number of ether oxygens (including phenoxy) is 1. The molecule has 0 radical (unpaired) electrons. The van der Waals surface area contributed by atoms with Gasteiger partial charge in [0.25, 0.3) is 0 Å². The van der Waals surface area contributed by atoms with Gasteiger partial charge in [0.2, 0.25) is 0 Å². The number of aliphatic hydroxyl groups is 1. The lowest BCUT2D eigenvalue weighted by atomic mass is 10.1. The van der Waals surface area contributed by atoms with Gasteiger partial charge in [-0.25, -0.2) is 0 Å². The molecule has 0 fully saturated rings. The van der Waals surface area contributed by atoms with Crippen LogP contribution < -0.4 is 10.1 Å². The summed E-state index contributed by atoms with van der Waals surface area (Å²) in [6.07, 6.45) is 0.762. The van der Waals surface area contributed by atoms with Gasteiger partial charge >= 0.3 is 0 Å². The molecule has 0 saturated carbocycles. The van der Waals surface area contributed by atoms with Gasteiger partial charge in [0.05, 0.1) is 7.11 Å². The molecule has 0 aromatic heterocycles. The van der Waals surface area contributed by atoms with Crippen molar-refractivity contribution in [2.45, 2.75) is 32.4 Å². The molecule has 1 aromatic rings. The smallest absolute Gasteiger partial charge is 0.120 e. The van der Waals surface area contributed by atoms with Crippen molar-refractivity contribution in [2.75, 3.05) is 13.7 Å². The van der Waals surface area contributed by atoms with E-state index in [4.69, 9.17) is 9.84 Å². The summed E-state index contributed by atoms with van der Waals surface area (Å²) in [5.41, 5.74) is 1.19. The fourth-order valence-corrected chi connectivity index (χ4v) is 2.48. The molecule has 96 valence electrons. The van der Waals surface area contributed by atoms with Crippen LogP contribution in [0.2, 0.25) is 0 Å². The minimum atomic E-state index is 0.213. The molecule has 2 N–H and O–H groups in total. The molecule has 0 aliphatic heterocycles. The van der Waals surface area contributed by atoms with E-state index in [1.165, 1.54) is 5.56 Å². The molecule has 2 atom stereocenters. The van der Waals surface area contributed by atoms with Crippen molar-refractivity contribution in [1.29, 1.82) is 0 Å². The summed E-state index contributed by atoms with van der Waals surface area (Å²) in [7, 11) is 1.66. The van der Waals surface area contributed by atoms with Gasteiger partial charge in [-0.2, -0.15) is 0 Å². The van der Waals surface area contributed by atoms with E-state index in [1.54, 1.807) is 7.11 Å². The maximum atomic E-state index is 8.88. The van der Waals surface area contributed by atoms with E-state index < -0.39 is 0 Å². The normalized spacial score (nSPS) is 14.4. The monoisotopic (exact) mass is 301 g/mol. The van der Waals surface area contributed by atoms with E-state index in [2.05, 4.69) is 35.1 Å². The van der Waals surface area contributed by atoms with E-state index in [1.807, 2.05) is 18.2 Å². The quantitative estimate of drug-likeness (QED) is 0.849. The number of halogens is 1. The lowest BCUT2D eigenvalue weighted by Crippen LogP contribution is -2.29. The van der Waals surface area contributed by atoms with Gasteiger partial charge in [-0.05, 0) is 38.0 Å². The topological polar surface area (TPSA) is 41.5 Å². The van der Waals surface area contributed by atoms with Gasteiger partial charge in [-0.15, -0.1) is 0 Å². The molecule has 0 saturated heterocycles. The summed E-state index contributed by atoms with van der Waals surface area (Å²) in [6, 6.07) is 6.49. The predicted molar refractivity (Wildman–Crippen MR) is 73.4 cm³/mol. The first-order valence-corrected chi connectivity index (χ1v) is 6.58. The van der Waals surface area contributed by atoms with Crippen molar-refractivity contribution in [2.24, 2.45) is 0 Å². The highest BCUT2D eigenvalue weighted by atomic mass is 79.9. The summed E-state index contributed by atoms with van der Waals surface area (Å²) < 4.78 is 6.20. The first kappa shape index (κ1) is 14.5. The number of hydrogen-bond donors (Lipinski definition) is 2. The van der Waals surface area contributed by atoms with Crippen LogP contribution in [0.5, 0.6) is 5.75 Å². The van der Waals surface area contributed by atoms with Gasteiger partial charge in [-0.1, -0.05) is 22.0 Å². The minimum Gasteiger partial charge on any atom is -0.497 e. The largest absolute Gasteiger partial charge is 0.497 e. The molecule has 0 aliphatic carbocycles. The van der Waals surface area contributed by atoms with Crippen LogP contribution in [-0.4, -0.2) is 24.9 Å². The number of benzene rings is 1. The molecule has 4 heteroatoms. The van der Waals surface area contributed by atoms with Gasteiger partial charge in [0, 0.05) is 23.2 Å². The maximum absolute atomic E-state index is 8.88. The summed E-state index contributed by atoms with van der Waals surface area (Å²) in [5.74, 6) is 0.844. The molecule has 1 rings (SSSR count). The minimum absolute atomic E-state index is 0.213. The van der Waals surface area contributed by atoms with E-state index in [0.29, 0.717) is 6.04 Å². The van der Waals surface area contributed by atoms with Gasteiger partial charge < -0.3 is 15.2 Å². The number of aliphatic hydroxyl groups excluding tert-OH is 1. The van der Waals surface area contributed by atoms with Crippen LogP contribution in [0, 0.1) is 0 Å². The Balaban J connectivity index is 2.71. The van der Waals surface area contributed by atoms with Crippen molar-refractivity contribution < 1.29 is 9.84 Å². The summed E-state index contributed by atoms with van der Waals surface area (Å²) in [4.78, 5) is 0. The Labute approximate surface area is 111 Å². The number of nitrogens with one attached hydrogen (secondary N) is 1. The molecule has 1 aromatic carbocycles. The Morgan fingerprint density at radius 2 is 2.12 bits per heavy atom. The van der Waals surface area contributed by atoms with Crippen LogP contribution in [0.1, 0.15) is 31.9 Å². The van der Waals surface area contributed by atoms with E-state index >= 15 is 0 Å². The van der Waals surface area contributed by atoms with Crippen LogP contribution in [0.25, 0.3) is 0 Å². The highest BCUT2D eigenvalue weighted by molar-refractivity contribution is 9.10. The lowest BCUT2D eigenvalue weighted by Gasteiger charge is -2.21. The van der Waals surface area contributed by atoms with Crippen LogP contribution in [0.15, 0.2) is 22.7 Å². The Morgan fingerprint density at radius 3 is 2.65 bits per heavy atom. The molecule has 0 heterocycles. The zero-order valence-electron chi connectivity index (χ0n) is 10.5. The molecule has 0 amide bonds. The molecule has 3 nitrogen and oxygen atoms in total. The second kappa shape index (κ2) is 6.99. The van der Waals surface area contributed by atoms with Gasteiger partial charge in [0.1, 0.15) is 5.75 Å². The van der Waals surface area contributed by atoms with Crippen LogP contribution in [0.4, 0.5) is 0 Å². The first-order chi connectivity index (χ1) is 8.08. The fourth-order valence-electron chi connectivity index (χ4n) is 1.78. The third kappa shape index (κ3) is 4.30. The first-order valence-electron chi connectivity index (χ1n) is 5.78. The molecule has 0 spiro atoms. The average Bonchev–Trinajstić information content (AvgIpc) is 2.28. The fraction of sp³-hybridized carbons (Fsp3) is 0.538. The van der Waals surface area contributed by atoms with Crippen molar-refractivity contribution in [3.63, 3.8) is 0 Å². The molecular formula is C13H20BrNO2. The molecule has 0 aliphatic rings. The van der Waals surface area contributed by atoms with Crippen LogP contribution in [-0.2, 0) is 0 Å². The van der Waals surface area contributed by atoms with Gasteiger partial charge in [-0.3, -0.25) is 0 Å². The Kier molecular flexibility index (Phi) is 5.95. The van der Waals surface area contributed by atoms with Crippen molar-refractivity contribution in [1.82, 2.24) is 5.32 Å². The van der Waals surface area contributed by atoms with E-state index in [-0.39, 0.29) is 12.6 Å². The number of methoxy groups -OCH3 is 1. The number of rotatable bonds is 6. The Morgan fingerprint density at radius 1 is 1.41 bits per heavy atom. The van der Waals surface area contributed by atoms with Crippen LogP contribution >= 0.6 is 15.9 Å². The third-order valence-corrected chi connectivity index (χ3v) is 3.46. The Bertz CT molecular complexity index is 357. The van der Waals surface area contributed by atoms with E-state index in [9.17, 15) is 0 Å². The molecule has 17 heavy (non-hydrogen) atoms. The number of hydrogen-bond acceptors (Lipinski definition) is 3. The highest BCUT2D eigenvalue weighted by Crippen LogP contribution is 2.27. The second-order valence-corrected chi connectivity index (χ2v) is 5.04. The molecule has 0 bridgehead atoms. The zero-order chi connectivity index (χ0) is 12.8. The molecular weight excluding hydrogens is 282 g/mol.